The standard InChI is InChI=1S/C22H44OS/c1-3-5-7-9-11-12-13-15-17-19-21-24-22(23)20-18-16-14-10-8-6-4-2/h3-21H2,1-2H3. The minimum Gasteiger partial charge on any atom is -0.287 e. The average Bonchev–Trinajstić information content (AvgIpc) is 2.59. The molecule has 144 valence electrons. The summed E-state index contributed by atoms with van der Waals surface area (Å²) in [7, 11) is 0. The molecule has 0 rings (SSSR count). The van der Waals surface area contributed by atoms with Crippen molar-refractivity contribution in [2.24, 2.45) is 0 Å². The van der Waals surface area contributed by atoms with Crippen LogP contribution >= 0.6 is 11.8 Å². The molecule has 0 fully saturated rings. The third-order valence-corrected chi connectivity index (χ3v) is 5.76. The maximum atomic E-state index is 11.8. The molecule has 0 heterocycles. The zero-order valence-corrected chi connectivity index (χ0v) is 17.6. The predicted octanol–water partition coefficient (Wildman–Crippen LogP) is 8.31. The molecule has 0 spiro atoms. The number of unbranched alkanes of at least 4 members (excludes halogenated alkanes) is 15. The van der Waals surface area contributed by atoms with Crippen molar-refractivity contribution in [2.45, 2.75) is 129 Å². The van der Waals surface area contributed by atoms with E-state index in [9.17, 15) is 4.79 Å². The van der Waals surface area contributed by atoms with Crippen molar-refractivity contribution in [3.63, 3.8) is 0 Å². The van der Waals surface area contributed by atoms with Gasteiger partial charge in [0.1, 0.15) is 0 Å². The first-order valence-corrected chi connectivity index (χ1v) is 12.0. The number of carbonyl (C=O) groups excluding carboxylic acids is 1. The lowest BCUT2D eigenvalue weighted by molar-refractivity contribution is -0.111. The maximum absolute atomic E-state index is 11.8. The van der Waals surface area contributed by atoms with Crippen LogP contribution in [0.3, 0.4) is 0 Å². The first-order valence-electron chi connectivity index (χ1n) is 11.0. The second-order valence-electron chi connectivity index (χ2n) is 7.27. The SMILES string of the molecule is CCCCCCCCCCCCSC(=O)CCCCCCCCC. The van der Waals surface area contributed by atoms with E-state index in [2.05, 4.69) is 13.8 Å². The third kappa shape index (κ3) is 20.1. The molecule has 2 heteroatoms. The molecule has 0 saturated carbocycles. The molecule has 24 heavy (non-hydrogen) atoms. The number of hydrogen-bond donors (Lipinski definition) is 0. The van der Waals surface area contributed by atoms with E-state index in [0.29, 0.717) is 5.12 Å². The highest BCUT2D eigenvalue weighted by Crippen LogP contribution is 2.15. The summed E-state index contributed by atoms with van der Waals surface area (Å²) in [6.07, 6.45) is 23.6. The van der Waals surface area contributed by atoms with Crippen LogP contribution in [0.5, 0.6) is 0 Å². The first kappa shape index (κ1) is 24.0. The van der Waals surface area contributed by atoms with Gasteiger partial charge >= 0.3 is 0 Å². The summed E-state index contributed by atoms with van der Waals surface area (Å²) < 4.78 is 0. The number of rotatable bonds is 19. The van der Waals surface area contributed by atoms with E-state index in [1.807, 2.05) is 0 Å². The molecule has 0 saturated heterocycles. The van der Waals surface area contributed by atoms with E-state index in [0.717, 1.165) is 18.6 Å². The monoisotopic (exact) mass is 356 g/mol. The molecule has 0 aliphatic rings. The normalized spacial score (nSPS) is 11.1. The van der Waals surface area contributed by atoms with Crippen molar-refractivity contribution in [3.8, 4) is 0 Å². The van der Waals surface area contributed by atoms with Crippen molar-refractivity contribution < 1.29 is 4.79 Å². The van der Waals surface area contributed by atoms with Gasteiger partial charge in [0.2, 0.25) is 0 Å². The van der Waals surface area contributed by atoms with Crippen LogP contribution in [0.2, 0.25) is 0 Å². The van der Waals surface area contributed by atoms with Crippen LogP contribution < -0.4 is 0 Å². The van der Waals surface area contributed by atoms with Gasteiger partial charge in [-0.1, -0.05) is 122 Å². The Morgan fingerprint density at radius 1 is 0.542 bits per heavy atom. The summed E-state index contributed by atoms with van der Waals surface area (Å²) in [4.78, 5) is 11.8. The van der Waals surface area contributed by atoms with Crippen LogP contribution in [0, 0.1) is 0 Å². The zero-order valence-electron chi connectivity index (χ0n) is 16.8. The second-order valence-corrected chi connectivity index (χ2v) is 8.43. The Kier molecular flexibility index (Phi) is 21.1. The summed E-state index contributed by atoms with van der Waals surface area (Å²) in [6.45, 7) is 4.53. The fourth-order valence-electron chi connectivity index (χ4n) is 3.07. The molecule has 0 aliphatic carbocycles. The van der Waals surface area contributed by atoms with Crippen molar-refractivity contribution >= 4 is 16.9 Å². The van der Waals surface area contributed by atoms with Crippen molar-refractivity contribution in [1.82, 2.24) is 0 Å². The van der Waals surface area contributed by atoms with Gasteiger partial charge in [0.25, 0.3) is 0 Å². The molecular formula is C22H44OS. The van der Waals surface area contributed by atoms with Gasteiger partial charge in [-0.2, -0.15) is 0 Å². The van der Waals surface area contributed by atoms with Gasteiger partial charge in [-0.05, 0) is 12.8 Å². The van der Waals surface area contributed by atoms with Crippen molar-refractivity contribution in [2.75, 3.05) is 5.75 Å². The van der Waals surface area contributed by atoms with Gasteiger partial charge in [0, 0.05) is 12.2 Å². The van der Waals surface area contributed by atoms with Gasteiger partial charge in [-0.15, -0.1) is 0 Å². The van der Waals surface area contributed by atoms with Crippen LogP contribution in [-0.4, -0.2) is 10.9 Å². The molecule has 0 atom stereocenters. The van der Waals surface area contributed by atoms with Gasteiger partial charge in [0.15, 0.2) is 5.12 Å². The first-order chi connectivity index (χ1) is 11.8. The topological polar surface area (TPSA) is 17.1 Å². The summed E-state index contributed by atoms with van der Waals surface area (Å²) in [5, 5.41) is 0.430. The molecule has 0 bridgehead atoms. The second kappa shape index (κ2) is 21.1. The molecule has 1 nitrogen and oxygen atoms in total. The molecule has 0 aromatic rings. The summed E-state index contributed by atoms with van der Waals surface area (Å²) in [5.41, 5.74) is 0. The van der Waals surface area contributed by atoms with Crippen LogP contribution in [0.15, 0.2) is 0 Å². The predicted molar refractivity (Wildman–Crippen MR) is 112 cm³/mol. The molecule has 0 aromatic heterocycles. The van der Waals surface area contributed by atoms with Gasteiger partial charge in [-0.25, -0.2) is 0 Å². The molecule has 0 aliphatic heterocycles. The summed E-state index contributed by atoms with van der Waals surface area (Å²) in [5.74, 6) is 1.05. The number of thioether (sulfide) groups is 1. The number of hydrogen-bond acceptors (Lipinski definition) is 2. The van der Waals surface area contributed by atoms with Gasteiger partial charge < -0.3 is 0 Å². The highest BCUT2D eigenvalue weighted by atomic mass is 32.2. The lowest BCUT2D eigenvalue weighted by Crippen LogP contribution is -1.94. The molecular weight excluding hydrogens is 312 g/mol. The van der Waals surface area contributed by atoms with Crippen molar-refractivity contribution in [1.29, 1.82) is 0 Å². The smallest absolute Gasteiger partial charge is 0.188 e. The van der Waals surface area contributed by atoms with Gasteiger partial charge in [-0.3, -0.25) is 4.79 Å². The molecule has 0 amide bonds. The highest BCUT2D eigenvalue weighted by molar-refractivity contribution is 8.13. The molecule has 0 aromatic carbocycles. The fourth-order valence-corrected chi connectivity index (χ4v) is 3.94. The quantitative estimate of drug-likeness (QED) is 0.216. The largest absolute Gasteiger partial charge is 0.287 e. The van der Waals surface area contributed by atoms with E-state index in [1.54, 1.807) is 11.8 Å². The zero-order chi connectivity index (χ0) is 17.7. The number of carbonyl (C=O) groups is 1. The Bertz CT molecular complexity index is 252. The van der Waals surface area contributed by atoms with Crippen LogP contribution in [0.25, 0.3) is 0 Å². The van der Waals surface area contributed by atoms with Crippen LogP contribution in [-0.2, 0) is 4.79 Å². The van der Waals surface area contributed by atoms with E-state index in [4.69, 9.17) is 0 Å². The van der Waals surface area contributed by atoms with E-state index >= 15 is 0 Å². The summed E-state index contributed by atoms with van der Waals surface area (Å²) >= 11 is 1.59. The fraction of sp³-hybridized carbons (Fsp3) is 0.955. The van der Waals surface area contributed by atoms with E-state index < -0.39 is 0 Å². The Balaban J connectivity index is 3.12. The lowest BCUT2D eigenvalue weighted by Gasteiger charge is -2.03. The lowest BCUT2D eigenvalue weighted by atomic mass is 10.1. The summed E-state index contributed by atoms with van der Waals surface area (Å²) in [6, 6.07) is 0. The minimum atomic E-state index is 0.430. The Hall–Kier alpha value is 0.0200. The highest BCUT2D eigenvalue weighted by Gasteiger charge is 2.02. The molecule has 0 N–H and O–H groups in total. The Morgan fingerprint density at radius 2 is 0.917 bits per heavy atom. The Labute approximate surface area is 157 Å². The maximum Gasteiger partial charge on any atom is 0.188 e. The Morgan fingerprint density at radius 3 is 1.38 bits per heavy atom. The molecule has 0 unspecified atom stereocenters. The van der Waals surface area contributed by atoms with E-state index in [1.165, 1.54) is 103 Å². The average molecular weight is 357 g/mol. The molecule has 0 radical (unpaired) electrons. The minimum absolute atomic E-state index is 0.430. The van der Waals surface area contributed by atoms with Crippen LogP contribution in [0.1, 0.15) is 129 Å². The van der Waals surface area contributed by atoms with Crippen LogP contribution in [0.4, 0.5) is 0 Å². The van der Waals surface area contributed by atoms with Crippen molar-refractivity contribution in [3.05, 3.63) is 0 Å². The third-order valence-electron chi connectivity index (χ3n) is 4.75. The van der Waals surface area contributed by atoms with Gasteiger partial charge in [0.05, 0.1) is 0 Å². The van der Waals surface area contributed by atoms with E-state index in [-0.39, 0.29) is 0 Å².